The number of carbonyl (C=O) groups is 1. The van der Waals surface area contributed by atoms with Gasteiger partial charge in [0.2, 0.25) is 5.91 Å². The van der Waals surface area contributed by atoms with Gasteiger partial charge in [-0.25, -0.2) is 4.68 Å². The van der Waals surface area contributed by atoms with Crippen LogP contribution < -0.4 is 0 Å². The zero-order valence-electron chi connectivity index (χ0n) is 18.4. The summed E-state index contributed by atoms with van der Waals surface area (Å²) >= 11 is 0. The minimum atomic E-state index is 0.0778. The summed E-state index contributed by atoms with van der Waals surface area (Å²) in [6.45, 7) is 8.48. The smallest absolute Gasteiger partial charge is 0.246 e. The molecule has 1 fully saturated rings. The van der Waals surface area contributed by atoms with Crippen LogP contribution in [-0.2, 0) is 11.2 Å². The molecular formula is C26H30N4O. The SMILES string of the molecule is Cc1nn(-c2ccccc2)c(C)c1/C=C/C(=O)N1CCN(CCc2ccccc2)CC1. The van der Waals surface area contributed by atoms with Crippen molar-refractivity contribution in [1.82, 2.24) is 19.6 Å². The molecule has 2 heterocycles. The number of hydrogen-bond acceptors (Lipinski definition) is 3. The number of hydrogen-bond donors (Lipinski definition) is 0. The Morgan fingerprint density at radius 3 is 2.26 bits per heavy atom. The number of amides is 1. The molecule has 5 nitrogen and oxygen atoms in total. The van der Waals surface area contributed by atoms with Crippen molar-refractivity contribution in [2.75, 3.05) is 32.7 Å². The molecule has 0 radical (unpaired) electrons. The van der Waals surface area contributed by atoms with E-state index in [0.717, 1.165) is 61.8 Å². The quantitative estimate of drug-likeness (QED) is 0.575. The van der Waals surface area contributed by atoms with Gasteiger partial charge in [0.15, 0.2) is 0 Å². The molecule has 0 unspecified atom stereocenters. The number of aromatic nitrogens is 2. The van der Waals surface area contributed by atoms with Gasteiger partial charge in [0.05, 0.1) is 11.4 Å². The third-order valence-corrected chi connectivity index (χ3v) is 5.98. The maximum Gasteiger partial charge on any atom is 0.246 e. The zero-order chi connectivity index (χ0) is 21.6. The summed E-state index contributed by atoms with van der Waals surface area (Å²) in [5, 5.41) is 4.66. The van der Waals surface area contributed by atoms with E-state index >= 15 is 0 Å². The zero-order valence-corrected chi connectivity index (χ0v) is 18.4. The molecule has 1 saturated heterocycles. The molecule has 0 spiro atoms. The molecule has 0 N–H and O–H groups in total. The third kappa shape index (κ3) is 5.12. The molecule has 1 amide bonds. The number of benzene rings is 2. The van der Waals surface area contributed by atoms with Crippen molar-refractivity contribution in [3.8, 4) is 5.69 Å². The first-order valence-corrected chi connectivity index (χ1v) is 11.0. The predicted molar refractivity (Wildman–Crippen MR) is 125 cm³/mol. The molecule has 31 heavy (non-hydrogen) atoms. The molecular weight excluding hydrogens is 384 g/mol. The molecule has 4 rings (SSSR count). The fourth-order valence-corrected chi connectivity index (χ4v) is 4.10. The fraction of sp³-hybridized carbons (Fsp3) is 0.308. The Balaban J connectivity index is 1.33. The number of piperazine rings is 1. The van der Waals surface area contributed by atoms with Crippen LogP contribution in [0.2, 0.25) is 0 Å². The minimum absolute atomic E-state index is 0.0778. The Labute approximate surface area is 184 Å². The first kappa shape index (κ1) is 21.1. The Hall–Kier alpha value is -3.18. The Bertz CT molecular complexity index is 1030. The average Bonchev–Trinajstić information content (AvgIpc) is 3.11. The number of para-hydroxylation sites is 1. The Kier molecular flexibility index (Phi) is 6.63. The first-order chi connectivity index (χ1) is 15.1. The van der Waals surface area contributed by atoms with Crippen LogP contribution in [0.1, 0.15) is 22.5 Å². The minimum Gasteiger partial charge on any atom is -0.337 e. The second-order valence-corrected chi connectivity index (χ2v) is 8.07. The maximum absolute atomic E-state index is 12.8. The molecule has 1 aromatic heterocycles. The lowest BCUT2D eigenvalue weighted by atomic mass is 10.1. The van der Waals surface area contributed by atoms with Crippen LogP contribution in [0.25, 0.3) is 11.8 Å². The lowest BCUT2D eigenvalue weighted by Crippen LogP contribution is -2.48. The largest absolute Gasteiger partial charge is 0.337 e. The van der Waals surface area contributed by atoms with Crippen LogP contribution in [0.4, 0.5) is 0 Å². The summed E-state index contributed by atoms with van der Waals surface area (Å²) in [6, 6.07) is 20.7. The van der Waals surface area contributed by atoms with Crippen LogP contribution in [0.5, 0.6) is 0 Å². The van der Waals surface area contributed by atoms with Crippen LogP contribution in [-0.4, -0.2) is 58.2 Å². The van der Waals surface area contributed by atoms with E-state index in [-0.39, 0.29) is 5.91 Å². The van der Waals surface area contributed by atoms with Gasteiger partial charge in [-0.3, -0.25) is 9.69 Å². The van der Waals surface area contributed by atoms with Gasteiger partial charge in [-0.2, -0.15) is 5.10 Å². The summed E-state index contributed by atoms with van der Waals surface area (Å²) < 4.78 is 1.94. The van der Waals surface area contributed by atoms with Crippen LogP contribution >= 0.6 is 0 Å². The monoisotopic (exact) mass is 414 g/mol. The van der Waals surface area contributed by atoms with Crippen molar-refractivity contribution < 1.29 is 4.79 Å². The van der Waals surface area contributed by atoms with Gasteiger partial charge < -0.3 is 4.90 Å². The van der Waals surface area contributed by atoms with Crippen molar-refractivity contribution in [2.24, 2.45) is 0 Å². The van der Waals surface area contributed by atoms with Gasteiger partial charge >= 0.3 is 0 Å². The van der Waals surface area contributed by atoms with Crippen LogP contribution in [0, 0.1) is 13.8 Å². The van der Waals surface area contributed by atoms with E-state index in [4.69, 9.17) is 0 Å². The molecule has 3 aromatic rings. The van der Waals surface area contributed by atoms with E-state index in [9.17, 15) is 4.79 Å². The summed E-state index contributed by atoms with van der Waals surface area (Å²) in [5.74, 6) is 0.0778. The molecule has 2 aromatic carbocycles. The Morgan fingerprint density at radius 2 is 1.58 bits per heavy atom. The van der Waals surface area contributed by atoms with Crippen molar-refractivity contribution in [2.45, 2.75) is 20.3 Å². The fourth-order valence-electron chi connectivity index (χ4n) is 4.10. The van der Waals surface area contributed by atoms with Crippen molar-refractivity contribution in [3.05, 3.63) is 89.3 Å². The summed E-state index contributed by atoms with van der Waals surface area (Å²) in [7, 11) is 0. The number of nitrogens with zero attached hydrogens (tertiary/aromatic N) is 4. The molecule has 0 atom stereocenters. The molecule has 160 valence electrons. The molecule has 0 saturated carbocycles. The van der Waals surface area contributed by atoms with Crippen molar-refractivity contribution in [1.29, 1.82) is 0 Å². The normalized spacial score (nSPS) is 15.0. The summed E-state index contributed by atoms with van der Waals surface area (Å²) in [5.41, 5.74) is 5.37. The topological polar surface area (TPSA) is 41.4 Å². The van der Waals surface area contributed by atoms with Crippen LogP contribution in [0.15, 0.2) is 66.7 Å². The highest BCUT2D eigenvalue weighted by atomic mass is 16.2. The summed E-state index contributed by atoms with van der Waals surface area (Å²) in [4.78, 5) is 17.1. The molecule has 0 aliphatic carbocycles. The third-order valence-electron chi connectivity index (χ3n) is 5.98. The van der Waals surface area contributed by atoms with Crippen LogP contribution in [0.3, 0.4) is 0 Å². The lowest BCUT2D eigenvalue weighted by molar-refractivity contribution is -0.127. The van der Waals surface area contributed by atoms with E-state index < -0.39 is 0 Å². The number of rotatable bonds is 6. The second kappa shape index (κ2) is 9.75. The van der Waals surface area contributed by atoms with E-state index in [0.29, 0.717) is 0 Å². The van der Waals surface area contributed by atoms with E-state index in [1.54, 1.807) is 6.08 Å². The second-order valence-electron chi connectivity index (χ2n) is 8.07. The Morgan fingerprint density at radius 1 is 0.935 bits per heavy atom. The average molecular weight is 415 g/mol. The lowest BCUT2D eigenvalue weighted by Gasteiger charge is -2.34. The molecule has 1 aliphatic rings. The highest BCUT2D eigenvalue weighted by Crippen LogP contribution is 2.19. The molecule has 0 bridgehead atoms. The molecule has 5 heteroatoms. The summed E-state index contributed by atoms with van der Waals surface area (Å²) in [6.07, 6.45) is 4.67. The number of aryl methyl sites for hydroxylation is 1. The van der Waals surface area contributed by atoms with Crippen molar-refractivity contribution >= 4 is 12.0 Å². The highest BCUT2D eigenvalue weighted by Gasteiger charge is 2.19. The van der Waals surface area contributed by atoms with Gasteiger partial charge in [-0.1, -0.05) is 48.5 Å². The van der Waals surface area contributed by atoms with Gasteiger partial charge in [0.25, 0.3) is 0 Å². The van der Waals surface area contributed by atoms with Gasteiger partial charge in [-0.05, 0) is 44.0 Å². The molecule has 1 aliphatic heterocycles. The highest BCUT2D eigenvalue weighted by molar-refractivity contribution is 5.92. The van der Waals surface area contributed by atoms with Gasteiger partial charge in [0, 0.05) is 50.1 Å². The van der Waals surface area contributed by atoms with E-state index in [2.05, 4.69) is 40.3 Å². The standard InChI is InChI=1S/C26H30N4O/c1-21-25(22(2)30(27-21)24-11-7-4-8-12-24)13-14-26(31)29-19-17-28(18-20-29)16-15-23-9-5-3-6-10-23/h3-14H,15-20H2,1-2H3/b14-13+. The van der Waals surface area contributed by atoms with Crippen molar-refractivity contribution in [3.63, 3.8) is 0 Å². The maximum atomic E-state index is 12.8. The van der Waals surface area contributed by atoms with Gasteiger partial charge in [-0.15, -0.1) is 0 Å². The van der Waals surface area contributed by atoms with E-state index in [1.165, 1.54) is 5.56 Å². The number of carbonyl (C=O) groups excluding carboxylic acids is 1. The van der Waals surface area contributed by atoms with Gasteiger partial charge in [0.1, 0.15) is 0 Å². The predicted octanol–water partition coefficient (Wildman–Crippen LogP) is 3.89. The van der Waals surface area contributed by atoms with E-state index in [1.807, 2.05) is 59.8 Å². The first-order valence-electron chi connectivity index (χ1n) is 11.0.